The minimum atomic E-state index is -0.248. The van der Waals surface area contributed by atoms with Gasteiger partial charge in [-0.2, -0.15) is 0 Å². The van der Waals surface area contributed by atoms with Crippen molar-refractivity contribution in [3.8, 4) is 17.2 Å². The Bertz CT molecular complexity index is 758. The molecule has 0 aliphatic rings. The lowest BCUT2D eigenvalue weighted by Crippen LogP contribution is -2.13. The van der Waals surface area contributed by atoms with Crippen LogP contribution in [0.3, 0.4) is 0 Å². The Morgan fingerprint density at radius 2 is 1.69 bits per heavy atom. The van der Waals surface area contributed by atoms with Crippen molar-refractivity contribution in [2.75, 3.05) is 26.6 Å². The molecule has 0 aromatic heterocycles. The number of nitrogens with one attached hydrogen (secondary N) is 1. The van der Waals surface area contributed by atoms with Crippen LogP contribution in [-0.4, -0.2) is 33.3 Å². The summed E-state index contributed by atoms with van der Waals surface area (Å²) in [6.07, 6.45) is 0.0840. The van der Waals surface area contributed by atoms with Crippen molar-refractivity contribution in [1.82, 2.24) is 0 Å². The van der Waals surface area contributed by atoms with Crippen molar-refractivity contribution in [2.24, 2.45) is 0 Å². The molecule has 0 saturated heterocycles. The number of hydrogen-bond acceptors (Lipinski definition) is 5. The maximum absolute atomic E-state index is 12.6. The van der Waals surface area contributed by atoms with Gasteiger partial charge in [-0.1, -0.05) is 0 Å². The number of ether oxygens (including phenoxy) is 4. The molecule has 2 aromatic carbocycles. The Morgan fingerprint density at radius 3 is 2.31 bits per heavy atom. The van der Waals surface area contributed by atoms with E-state index in [0.29, 0.717) is 35.1 Å². The first kappa shape index (κ1) is 19.6. The molecule has 0 unspecified atom stereocenters. The van der Waals surface area contributed by atoms with Gasteiger partial charge in [0.05, 0.1) is 39.7 Å². The molecule has 1 amide bonds. The maximum Gasteiger partial charge on any atom is 0.255 e. The highest BCUT2D eigenvalue weighted by atomic mass is 16.5. The van der Waals surface area contributed by atoms with Gasteiger partial charge in [0.25, 0.3) is 5.91 Å². The van der Waals surface area contributed by atoms with Crippen LogP contribution in [0.1, 0.15) is 29.8 Å². The molecule has 6 heteroatoms. The summed E-state index contributed by atoms with van der Waals surface area (Å²) in [6, 6.07) is 10.5. The zero-order valence-electron chi connectivity index (χ0n) is 15.8. The van der Waals surface area contributed by atoms with Crippen molar-refractivity contribution in [2.45, 2.75) is 26.6 Å². The minimum absolute atomic E-state index is 0.0840. The summed E-state index contributed by atoms with van der Waals surface area (Å²) >= 11 is 0. The lowest BCUT2D eigenvalue weighted by atomic mass is 10.1. The van der Waals surface area contributed by atoms with Gasteiger partial charge in [0.2, 0.25) is 0 Å². The zero-order chi connectivity index (χ0) is 19.1. The van der Waals surface area contributed by atoms with Gasteiger partial charge < -0.3 is 24.3 Å². The molecule has 0 atom stereocenters. The van der Waals surface area contributed by atoms with Crippen LogP contribution in [0.5, 0.6) is 17.2 Å². The molecule has 2 aromatic rings. The van der Waals surface area contributed by atoms with Crippen LogP contribution in [0, 0.1) is 0 Å². The molecule has 0 aliphatic heterocycles. The van der Waals surface area contributed by atoms with E-state index in [-0.39, 0.29) is 12.0 Å². The fourth-order valence-corrected chi connectivity index (χ4v) is 2.39. The fraction of sp³-hybridized carbons (Fsp3) is 0.350. The van der Waals surface area contributed by atoms with E-state index in [1.54, 1.807) is 57.7 Å². The second-order valence-electron chi connectivity index (χ2n) is 5.91. The molecule has 0 aliphatic carbocycles. The average molecular weight is 359 g/mol. The first-order valence-electron chi connectivity index (χ1n) is 8.30. The molecule has 2 rings (SSSR count). The van der Waals surface area contributed by atoms with E-state index in [1.807, 2.05) is 13.8 Å². The molecular weight excluding hydrogens is 334 g/mol. The number of carbonyl (C=O) groups is 1. The SMILES string of the molecule is COc1ccc(NC(=O)c2ccc(OC)c(COC(C)C)c2)c(OC)c1. The maximum atomic E-state index is 12.6. The molecule has 0 fully saturated rings. The van der Waals surface area contributed by atoms with Gasteiger partial charge in [-0.25, -0.2) is 0 Å². The van der Waals surface area contributed by atoms with Crippen LogP contribution in [0.25, 0.3) is 0 Å². The Morgan fingerprint density at radius 1 is 0.962 bits per heavy atom. The third-order valence-corrected chi connectivity index (χ3v) is 3.77. The molecule has 0 bridgehead atoms. The van der Waals surface area contributed by atoms with Crippen LogP contribution in [0.15, 0.2) is 36.4 Å². The first-order valence-corrected chi connectivity index (χ1v) is 8.30. The zero-order valence-corrected chi connectivity index (χ0v) is 15.8. The van der Waals surface area contributed by atoms with Crippen LogP contribution < -0.4 is 19.5 Å². The molecular formula is C20H25NO5. The molecule has 0 heterocycles. The Hall–Kier alpha value is -2.73. The van der Waals surface area contributed by atoms with E-state index in [9.17, 15) is 4.79 Å². The van der Waals surface area contributed by atoms with Gasteiger partial charge in [-0.3, -0.25) is 4.79 Å². The summed E-state index contributed by atoms with van der Waals surface area (Å²) in [5, 5.41) is 2.86. The molecule has 0 radical (unpaired) electrons. The van der Waals surface area contributed by atoms with E-state index >= 15 is 0 Å². The molecule has 0 saturated carbocycles. The highest BCUT2D eigenvalue weighted by molar-refractivity contribution is 6.05. The third-order valence-electron chi connectivity index (χ3n) is 3.77. The lowest BCUT2D eigenvalue weighted by molar-refractivity contribution is 0.0644. The highest BCUT2D eigenvalue weighted by Gasteiger charge is 2.14. The van der Waals surface area contributed by atoms with E-state index in [1.165, 1.54) is 0 Å². The van der Waals surface area contributed by atoms with E-state index in [0.717, 1.165) is 5.56 Å². The van der Waals surface area contributed by atoms with Gasteiger partial charge in [-0.05, 0) is 44.2 Å². The van der Waals surface area contributed by atoms with Crippen LogP contribution >= 0.6 is 0 Å². The van der Waals surface area contributed by atoms with Crippen molar-refractivity contribution < 1.29 is 23.7 Å². The second-order valence-corrected chi connectivity index (χ2v) is 5.91. The topological polar surface area (TPSA) is 66.0 Å². The monoisotopic (exact) mass is 359 g/mol. The summed E-state index contributed by atoms with van der Waals surface area (Å²) in [4.78, 5) is 12.6. The standard InChI is InChI=1S/C20H25NO5/c1-13(2)26-12-15-10-14(6-9-18(15)24-4)20(22)21-17-8-7-16(23-3)11-19(17)25-5/h6-11,13H,12H2,1-5H3,(H,21,22). The van der Waals surface area contributed by atoms with E-state index < -0.39 is 0 Å². The Labute approximate surface area is 154 Å². The second kappa shape index (κ2) is 9.10. The normalized spacial score (nSPS) is 10.5. The number of methoxy groups -OCH3 is 3. The summed E-state index contributed by atoms with van der Waals surface area (Å²) < 4.78 is 21.5. The number of anilines is 1. The largest absolute Gasteiger partial charge is 0.497 e. The summed E-state index contributed by atoms with van der Waals surface area (Å²) in [5.41, 5.74) is 1.88. The quantitative estimate of drug-likeness (QED) is 0.774. The van der Waals surface area contributed by atoms with Gasteiger partial charge in [0.15, 0.2) is 0 Å². The highest BCUT2D eigenvalue weighted by Crippen LogP contribution is 2.30. The van der Waals surface area contributed by atoms with Crippen molar-refractivity contribution >= 4 is 11.6 Å². The van der Waals surface area contributed by atoms with Crippen LogP contribution in [0.4, 0.5) is 5.69 Å². The number of rotatable bonds is 8. The van der Waals surface area contributed by atoms with Gasteiger partial charge in [0, 0.05) is 17.2 Å². The average Bonchev–Trinajstić information content (AvgIpc) is 2.66. The van der Waals surface area contributed by atoms with Crippen LogP contribution in [0.2, 0.25) is 0 Å². The third kappa shape index (κ3) is 4.89. The van der Waals surface area contributed by atoms with Crippen LogP contribution in [-0.2, 0) is 11.3 Å². The number of benzene rings is 2. The minimum Gasteiger partial charge on any atom is -0.497 e. The van der Waals surface area contributed by atoms with Crippen molar-refractivity contribution in [3.63, 3.8) is 0 Å². The summed E-state index contributed by atoms with van der Waals surface area (Å²) in [6.45, 7) is 4.28. The fourth-order valence-electron chi connectivity index (χ4n) is 2.39. The van der Waals surface area contributed by atoms with Gasteiger partial charge in [-0.15, -0.1) is 0 Å². The lowest BCUT2D eigenvalue weighted by Gasteiger charge is -2.14. The molecule has 0 spiro atoms. The Balaban J connectivity index is 2.22. The molecule has 26 heavy (non-hydrogen) atoms. The van der Waals surface area contributed by atoms with E-state index in [2.05, 4.69) is 5.32 Å². The molecule has 1 N–H and O–H groups in total. The smallest absolute Gasteiger partial charge is 0.255 e. The van der Waals surface area contributed by atoms with Crippen molar-refractivity contribution in [1.29, 1.82) is 0 Å². The predicted octanol–water partition coefficient (Wildman–Crippen LogP) is 3.89. The molecule has 140 valence electrons. The van der Waals surface area contributed by atoms with Gasteiger partial charge >= 0.3 is 0 Å². The number of amides is 1. The molecule has 6 nitrogen and oxygen atoms in total. The summed E-state index contributed by atoms with van der Waals surface area (Å²) in [5.74, 6) is 1.61. The Kier molecular flexibility index (Phi) is 6.86. The van der Waals surface area contributed by atoms with Crippen molar-refractivity contribution in [3.05, 3.63) is 47.5 Å². The summed E-state index contributed by atoms with van der Waals surface area (Å²) in [7, 11) is 4.71. The van der Waals surface area contributed by atoms with Gasteiger partial charge in [0.1, 0.15) is 17.2 Å². The predicted molar refractivity (Wildman–Crippen MR) is 100 cm³/mol. The van der Waals surface area contributed by atoms with E-state index in [4.69, 9.17) is 18.9 Å². The number of carbonyl (C=O) groups excluding carboxylic acids is 1. The first-order chi connectivity index (χ1) is 12.5. The number of hydrogen-bond donors (Lipinski definition) is 1.